The first kappa shape index (κ1) is 28.1. The van der Waals surface area contributed by atoms with E-state index in [1.54, 1.807) is 0 Å². The van der Waals surface area contributed by atoms with Crippen molar-refractivity contribution in [2.24, 2.45) is 10.9 Å². The molecule has 6 nitrogen and oxygen atoms in total. The van der Waals surface area contributed by atoms with Crippen molar-refractivity contribution in [3.8, 4) is 22.3 Å². The number of carbonyl (C=O) groups excluding carboxylic acids is 1. The van der Waals surface area contributed by atoms with Gasteiger partial charge in [0.2, 0.25) is 0 Å². The molecule has 6 heteroatoms. The zero-order valence-corrected chi connectivity index (χ0v) is 26.4. The molecule has 0 spiro atoms. The van der Waals surface area contributed by atoms with Gasteiger partial charge in [-0.2, -0.15) is 0 Å². The minimum Gasteiger partial charge on any atom is -0.444 e. The quantitative estimate of drug-likeness (QED) is 0.224. The van der Waals surface area contributed by atoms with E-state index in [0.717, 1.165) is 52.9 Å². The van der Waals surface area contributed by atoms with Gasteiger partial charge in [-0.3, -0.25) is 9.89 Å². The molecule has 45 heavy (non-hydrogen) atoms. The second-order valence-electron chi connectivity index (χ2n) is 14.1. The molecular weight excluding hydrogens is 556 g/mol. The number of hydrogen-bond acceptors (Lipinski definition) is 4. The molecule has 0 radical (unpaired) electrons. The van der Waals surface area contributed by atoms with E-state index in [4.69, 9.17) is 14.7 Å². The lowest BCUT2D eigenvalue weighted by Gasteiger charge is -2.27. The van der Waals surface area contributed by atoms with Crippen LogP contribution in [-0.2, 0) is 11.2 Å². The molecule has 3 aliphatic rings. The first-order valence-electron chi connectivity index (χ1n) is 16.5. The average Bonchev–Trinajstić information content (AvgIpc) is 3.84. The van der Waals surface area contributed by atoms with E-state index >= 15 is 0 Å². The fourth-order valence-electron chi connectivity index (χ4n) is 7.46. The van der Waals surface area contributed by atoms with Crippen molar-refractivity contribution in [1.29, 1.82) is 0 Å². The molecule has 0 bridgehead atoms. The number of likely N-dealkylation sites (tertiary alicyclic amines) is 1. The van der Waals surface area contributed by atoms with Gasteiger partial charge in [-0.15, -0.1) is 0 Å². The van der Waals surface area contributed by atoms with E-state index in [9.17, 15) is 4.79 Å². The molecule has 1 N–H and O–H groups in total. The monoisotopic (exact) mass is 596 g/mol. The number of aromatic nitrogens is 2. The van der Waals surface area contributed by atoms with Gasteiger partial charge in [-0.25, -0.2) is 9.78 Å². The number of rotatable bonds is 4. The van der Waals surface area contributed by atoms with Crippen LogP contribution in [0.15, 0.2) is 77.8 Å². The molecule has 228 valence electrons. The molecule has 4 aromatic carbocycles. The van der Waals surface area contributed by atoms with Crippen molar-refractivity contribution in [3.05, 3.63) is 84.2 Å². The fraction of sp³-hybridized carbons (Fsp3) is 0.359. The van der Waals surface area contributed by atoms with Gasteiger partial charge in [-0.1, -0.05) is 49.2 Å². The fourth-order valence-corrected chi connectivity index (χ4v) is 7.46. The van der Waals surface area contributed by atoms with Crippen LogP contribution in [0.5, 0.6) is 0 Å². The van der Waals surface area contributed by atoms with Crippen molar-refractivity contribution in [2.75, 3.05) is 6.54 Å². The lowest BCUT2D eigenvalue weighted by molar-refractivity contribution is 0.0219. The summed E-state index contributed by atoms with van der Waals surface area (Å²) in [6.07, 6.45) is 7.83. The molecule has 2 fully saturated rings. The van der Waals surface area contributed by atoms with Crippen LogP contribution < -0.4 is 0 Å². The Bertz CT molecular complexity index is 1970. The predicted molar refractivity (Wildman–Crippen MR) is 182 cm³/mol. The topological polar surface area (TPSA) is 70.6 Å². The highest BCUT2D eigenvalue weighted by Gasteiger charge is 2.35. The third-order valence-corrected chi connectivity index (χ3v) is 9.75. The van der Waals surface area contributed by atoms with Gasteiger partial charge >= 0.3 is 6.09 Å². The second kappa shape index (κ2) is 10.9. The standard InChI is InChI=1S/C39H40N4O2/c1-39(2,3)45-38(44)43-18-6-9-36(43)37-41-33-17-15-29(22-35(33)42-37)27-13-11-24-10-12-26(19-30(24)20-27)28-14-16-32-31(21-28)23-34(40-32)25-7-4-5-8-25/h10-17,19-22,25,36H,4-9,18,23H2,1-3H3,(H,41,42)/t36-/m0/s1. The minimum absolute atomic E-state index is 0.102. The summed E-state index contributed by atoms with van der Waals surface area (Å²) in [6.45, 7) is 6.39. The molecule has 5 aromatic rings. The lowest BCUT2D eigenvalue weighted by Crippen LogP contribution is -2.36. The molecule has 0 unspecified atom stereocenters. The van der Waals surface area contributed by atoms with E-state index in [-0.39, 0.29) is 12.1 Å². The summed E-state index contributed by atoms with van der Waals surface area (Å²) in [7, 11) is 0. The summed E-state index contributed by atoms with van der Waals surface area (Å²) in [6, 6.07) is 26.5. The number of benzene rings is 4. The van der Waals surface area contributed by atoms with E-state index in [1.807, 2.05) is 25.7 Å². The van der Waals surface area contributed by atoms with Crippen LogP contribution in [0, 0.1) is 5.92 Å². The van der Waals surface area contributed by atoms with Crippen LogP contribution >= 0.6 is 0 Å². The van der Waals surface area contributed by atoms with Crippen LogP contribution in [0.2, 0.25) is 0 Å². The Hall–Kier alpha value is -4.45. The van der Waals surface area contributed by atoms with E-state index in [1.165, 1.54) is 58.9 Å². The summed E-state index contributed by atoms with van der Waals surface area (Å²) < 4.78 is 5.68. The third kappa shape index (κ3) is 5.41. The second-order valence-corrected chi connectivity index (χ2v) is 14.1. The highest BCUT2D eigenvalue weighted by atomic mass is 16.6. The molecule has 1 atom stereocenters. The maximum absolute atomic E-state index is 12.9. The normalized spacial score (nSPS) is 18.6. The number of carbonyl (C=O) groups is 1. The number of aromatic amines is 1. The lowest BCUT2D eigenvalue weighted by atomic mass is 9.94. The number of imidazole rings is 1. The Morgan fingerprint density at radius 2 is 1.51 bits per heavy atom. The summed E-state index contributed by atoms with van der Waals surface area (Å²) in [4.78, 5) is 28.1. The van der Waals surface area contributed by atoms with Gasteiger partial charge in [0, 0.05) is 18.7 Å². The zero-order valence-electron chi connectivity index (χ0n) is 26.4. The van der Waals surface area contributed by atoms with E-state index in [2.05, 4.69) is 77.8 Å². The van der Waals surface area contributed by atoms with Gasteiger partial charge in [0.25, 0.3) is 0 Å². The Morgan fingerprint density at radius 1 is 0.822 bits per heavy atom. The Kier molecular flexibility index (Phi) is 6.77. The molecule has 1 amide bonds. The van der Waals surface area contributed by atoms with Gasteiger partial charge in [0.1, 0.15) is 11.4 Å². The number of aliphatic imine (C=N–C) groups is 1. The number of amides is 1. The molecule has 1 saturated carbocycles. The van der Waals surface area contributed by atoms with Crippen molar-refractivity contribution in [3.63, 3.8) is 0 Å². The molecule has 2 aliphatic heterocycles. The molecule has 1 aromatic heterocycles. The minimum atomic E-state index is -0.525. The first-order chi connectivity index (χ1) is 21.8. The third-order valence-electron chi connectivity index (χ3n) is 9.75. The van der Waals surface area contributed by atoms with Crippen molar-refractivity contribution < 1.29 is 9.53 Å². The number of H-pyrrole nitrogens is 1. The maximum atomic E-state index is 12.9. The molecular formula is C39H40N4O2. The van der Waals surface area contributed by atoms with Crippen molar-refractivity contribution in [1.82, 2.24) is 14.9 Å². The van der Waals surface area contributed by atoms with E-state index < -0.39 is 5.60 Å². The van der Waals surface area contributed by atoms with E-state index in [0.29, 0.717) is 12.5 Å². The first-order valence-corrected chi connectivity index (χ1v) is 16.5. The van der Waals surface area contributed by atoms with Gasteiger partial charge < -0.3 is 9.72 Å². The van der Waals surface area contributed by atoms with Gasteiger partial charge in [0.05, 0.1) is 22.8 Å². The predicted octanol–water partition coefficient (Wildman–Crippen LogP) is 9.94. The Labute approximate surface area is 264 Å². The SMILES string of the molecule is CC(C)(C)OC(=O)N1CCC[C@H]1c1nc2ccc(-c3ccc4ccc(-c5ccc6c(c5)CC(C5CCCC5)=N6)cc4c3)cc2[nH]1. The van der Waals surface area contributed by atoms with Crippen LogP contribution in [0.3, 0.4) is 0 Å². The summed E-state index contributed by atoms with van der Waals surface area (Å²) in [5.74, 6) is 1.51. The van der Waals surface area contributed by atoms with Crippen LogP contribution in [0.4, 0.5) is 10.5 Å². The number of nitrogens with one attached hydrogen (secondary N) is 1. The molecule has 1 aliphatic carbocycles. The summed E-state index contributed by atoms with van der Waals surface area (Å²) in [5.41, 5.74) is 10.1. The largest absolute Gasteiger partial charge is 0.444 e. The Balaban J connectivity index is 1.05. The maximum Gasteiger partial charge on any atom is 0.410 e. The summed E-state index contributed by atoms with van der Waals surface area (Å²) >= 11 is 0. The molecule has 1 saturated heterocycles. The Morgan fingerprint density at radius 3 is 2.27 bits per heavy atom. The summed E-state index contributed by atoms with van der Waals surface area (Å²) in [5, 5.41) is 2.45. The zero-order chi connectivity index (χ0) is 30.7. The average molecular weight is 597 g/mol. The van der Waals surface area contributed by atoms with Crippen LogP contribution in [0.25, 0.3) is 44.1 Å². The highest BCUT2D eigenvalue weighted by Crippen LogP contribution is 2.38. The van der Waals surface area contributed by atoms with Crippen LogP contribution in [-0.4, -0.2) is 38.8 Å². The molecule has 8 rings (SSSR count). The number of fused-ring (bicyclic) bond motifs is 3. The van der Waals surface area contributed by atoms with Crippen molar-refractivity contribution >= 4 is 39.3 Å². The molecule has 3 heterocycles. The number of nitrogens with zero attached hydrogens (tertiary/aromatic N) is 3. The highest BCUT2D eigenvalue weighted by molar-refractivity contribution is 5.97. The van der Waals surface area contributed by atoms with Crippen molar-refractivity contribution in [2.45, 2.75) is 77.4 Å². The smallest absolute Gasteiger partial charge is 0.410 e. The van der Waals surface area contributed by atoms with Gasteiger partial charge in [-0.05, 0) is 127 Å². The number of ether oxygens (including phenoxy) is 1. The number of hydrogen-bond donors (Lipinski definition) is 1. The van der Waals surface area contributed by atoms with Gasteiger partial charge in [0.15, 0.2) is 0 Å². The van der Waals surface area contributed by atoms with Crippen LogP contribution in [0.1, 0.15) is 76.7 Å².